The van der Waals surface area contributed by atoms with Gasteiger partial charge < -0.3 is 4.55 Å². The SMILES string of the molecule is O=S(=O)(O)C1(Cl)C=C(Cl)C(S(=O)(=O)[N+](c2ccccc2)(S(=O)(=O)[O-])S(=O)(=O)c2cc(Cl)c(Cl)cc2Cl)=CC1Cl.[NaH].[NaH]. The zero-order chi connectivity index (χ0) is 30.0. The molecule has 0 fully saturated rings. The van der Waals surface area contributed by atoms with Crippen LogP contribution >= 0.6 is 69.6 Å². The summed E-state index contributed by atoms with van der Waals surface area (Å²) in [4.78, 5) is -2.68. The number of nitrogens with zero attached hydrogens (tertiary/aromatic N) is 1. The molecule has 23 heteroatoms. The molecule has 0 bridgehead atoms. The van der Waals surface area contributed by atoms with E-state index in [4.69, 9.17) is 69.6 Å². The van der Waals surface area contributed by atoms with Gasteiger partial charge in [-0.25, -0.2) is 0 Å². The molecule has 0 amide bonds. The predicted molar refractivity (Wildman–Crippen MR) is 162 cm³/mol. The van der Waals surface area contributed by atoms with Crippen molar-refractivity contribution in [3.05, 3.63) is 79.6 Å². The summed E-state index contributed by atoms with van der Waals surface area (Å²) in [5.74, 6) is 0. The summed E-state index contributed by atoms with van der Waals surface area (Å²) in [6, 6.07) is 5.96. The van der Waals surface area contributed by atoms with E-state index in [0.717, 1.165) is 18.2 Å². The molecule has 0 aliphatic heterocycles. The second kappa shape index (κ2) is 13.6. The second-order valence-corrected chi connectivity index (χ2v) is 18.1. The monoisotopic (exact) mass is 787 g/mol. The first-order chi connectivity index (χ1) is 17.6. The van der Waals surface area contributed by atoms with E-state index in [9.17, 15) is 42.8 Å². The minimum atomic E-state index is -6.62. The van der Waals surface area contributed by atoms with Crippen molar-refractivity contribution in [3.63, 3.8) is 0 Å². The van der Waals surface area contributed by atoms with Gasteiger partial charge in [-0.2, -0.15) is 33.7 Å². The first-order valence-corrected chi connectivity index (χ1v) is 17.5. The van der Waals surface area contributed by atoms with Crippen LogP contribution in [0.1, 0.15) is 0 Å². The number of quaternary nitrogens is 1. The number of halogens is 6. The van der Waals surface area contributed by atoms with E-state index in [1.807, 2.05) is 0 Å². The van der Waals surface area contributed by atoms with Crippen LogP contribution in [0.4, 0.5) is 5.69 Å². The predicted octanol–water partition coefficient (Wildman–Crippen LogP) is 3.29. The number of allylic oxidation sites excluding steroid dienone is 2. The molecule has 1 N–H and O–H groups in total. The van der Waals surface area contributed by atoms with Gasteiger partial charge in [0.2, 0.25) is 4.21 Å². The summed E-state index contributed by atoms with van der Waals surface area (Å²) < 4.78 is 122. The van der Waals surface area contributed by atoms with Crippen LogP contribution in [0.3, 0.4) is 0 Å². The number of hydrogen-bond acceptors (Lipinski definition) is 9. The Morgan fingerprint density at radius 1 is 0.805 bits per heavy atom. The molecule has 218 valence electrons. The summed E-state index contributed by atoms with van der Waals surface area (Å²) in [6.45, 7) is 0. The zero-order valence-electron chi connectivity index (χ0n) is 18.2. The van der Waals surface area contributed by atoms with Gasteiger partial charge in [-0.05, 0) is 24.3 Å². The Bertz CT molecular complexity index is 1880. The fourth-order valence-electron chi connectivity index (χ4n) is 3.42. The number of benzene rings is 2. The van der Waals surface area contributed by atoms with Crippen LogP contribution in [0.5, 0.6) is 0 Å². The third kappa shape index (κ3) is 6.62. The quantitative estimate of drug-likeness (QED) is 0.144. The molecule has 1 aliphatic carbocycles. The molecule has 2 aromatic rings. The van der Waals surface area contributed by atoms with Gasteiger partial charge in [-0.1, -0.05) is 76.2 Å². The summed E-state index contributed by atoms with van der Waals surface area (Å²) in [6.07, 6.45) is 0.485. The Morgan fingerprint density at radius 2 is 1.29 bits per heavy atom. The molecular formula is C18H13Cl6NNa2O10S4. The van der Waals surface area contributed by atoms with Gasteiger partial charge in [-0.3, -0.25) is 4.55 Å². The topological polar surface area (TPSA) is 180 Å². The molecule has 2 aromatic carbocycles. The van der Waals surface area contributed by atoms with Crippen molar-refractivity contribution >= 4 is 175 Å². The van der Waals surface area contributed by atoms with Crippen molar-refractivity contribution in [2.45, 2.75) is 14.5 Å². The van der Waals surface area contributed by atoms with E-state index >= 15 is 0 Å². The molecule has 1 aliphatic rings. The van der Waals surface area contributed by atoms with Crippen molar-refractivity contribution in [2.24, 2.45) is 0 Å². The third-order valence-corrected chi connectivity index (χ3v) is 17.3. The van der Waals surface area contributed by atoms with Crippen molar-refractivity contribution in [3.8, 4) is 0 Å². The molecule has 0 saturated heterocycles. The Kier molecular flexibility index (Phi) is 13.4. The summed E-state index contributed by atoms with van der Waals surface area (Å²) >= 11 is 35.5. The van der Waals surface area contributed by atoms with E-state index < -0.39 is 83.3 Å². The Morgan fingerprint density at radius 3 is 1.76 bits per heavy atom. The van der Waals surface area contributed by atoms with Crippen molar-refractivity contribution in [2.75, 3.05) is 0 Å². The molecule has 0 saturated carbocycles. The average Bonchev–Trinajstić information content (AvgIpc) is 2.77. The van der Waals surface area contributed by atoms with Gasteiger partial charge in [-0.15, -0.1) is 11.6 Å². The number of rotatable bonds is 7. The molecule has 11 nitrogen and oxygen atoms in total. The summed E-state index contributed by atoms with van der Waals surface area (Å²) in [7, 11) is -24.1. The molecule has 3 atom stereocenters. The molecule has 41 heavy (non-hydrogen) atoms. The number of hydrogen-bond donors (Lipinski definition) is 1. The number of sulfonamides is 2. The van der Waals surface area contributed by atoms with E-state index in [0.29, 0.717) is 18.2 Å². The molecule has 3 unspecified atom stereocenters. The summed E-state index contributed by atoms with van der Waals surface area (Å²) in [5, 5.41) is -5.02. The van der Waals surface area contributed by atoms with Crippen LogP contribution in [0.2, 0.25) is 15.1 Å². The minimum absolute atomic E-state index is 0. The van der Waals surface area contributed by atoms with Crippen LogP contribution in [-0.2, 0) is 40.5 Å². The Hall–Kier alpha value is 1.34. The Balaban J connectivity index is 0.00000420. The number of alkyl halides is 2. The van der Waals surface area contributed by atoms with Gasteiger partial charge in [0.1, 0.15) is 9.80 Å². The molecular weight excluding hydrogens is 777 g/mol. The van der Waals surface area contributed by atoms with Gasteiger partial charge in [0.05, 0.1) is 25.5 Å². The second-order valence-electron chi connectivity index (χ2n) is 7.51. The molecule has 0 aromatic heterocycles. The van der Waals surface area contributed by atoms with Gasteiger partial charge in [0.25, 0.3) is 20.4 Å². The van der Waals surface area contributed by atoms with Crippen molar-refractivity contribution < 1.29 is 42.8 Å². The fourth-order valence-corrected chi connectivity index (χ4v) is 13.2. The average molecular weight is 790 g/mol. The van der Waals surface area contributed by atoms with Crippen molar-refractivity contribution in [1.82, 2.24) is 2.70 Å². The maximum absolute atomic E-state index is 14.2. The Labute approximate surface area is 310 Å². The van der Waals surface area contributed by atoms with Crippen LogP contribution < -0.4 is 2.70 Å². The van der Waals surface area contributed by atoms with Gasteiger partial charge in [0.15, 0.2) is 5.69 Å². The molecule has 0 spiro atoms. The standard InChI is InChI=1S/C18H11Cl6NO10S4.2Na.2H/c19-11-6-13(21)15(7-12(11)20)36(26,27)25(39(33,34)35,10-4-2-1-3-5-10)37(28,29)16-8-17(23)18(24,9-14(16)22)38(30,31)32;;;;/h1-9,17H,(H-,30,31,32,33,34,35);;;;. The van der Waals surface area contributed by atoms with E-state index in [-0.39, 0.29) is 76.3 Å². The third-order valence-electron chi connectivity index (χ3n) is 5.16. The van der Waals surface area contributed by atoms with Crippen LogP contribution in [0, 0.1) is 0 Å². The zero-order valence-corrected chi connectivity index (χ0v) is 26.0. The normalized spacial score (nSPS) is 21.4. The summed E-state index contributed by atoms with van der Waals surface area (Å²) in [5.41, 5.74) is -1.15. The first kappa shape index (κ1) is 40.4. The first-order valence-electron chi connectivity index (χ1n) is 9.53. The van der Waals surface area contributed by atoms with E-state index in [1.165, 1.54) is 6.07 Å². The van der Waals surface area contributed by atoms with E-state index in [1.54, 1.807) is 0 Å². The van der Waals surface area contributed by atoms with Crippen LogP contribution in [0.15, 0.2) is 69.4 Å². The van der Waals surface area contributed by atoms with Crippen LogP contribution in [-0.4, -0.2) is 111 Å². The van der Waals surface area contributed by atoms with Crippen LogP contribution in [0.25, 0.3) is 0 Å². The fraction of sp³-hybridized carbons (Fsp3) is 0.111. The molecule has 0 heterocycles. The van der Waals surface area contributed by atoms with Crippen molar-refractivity contribution in [1.29, 1.82) is 0 Å². The van der Waals surface area contributed by atoms with E-state index in [2.05, 4.69) is 0 Å². The van der Waals surface area contributed by atoms with Gasteiger partial charge in [0, 0.05) is 14.8 Å². The van der Waals surface area contributed by atoms with Gasteiger partial charge >= 0.3 is 79.2 Å². The maximum atomic E-state index is 14.2. The molecule has 0 radical (unpaired) electrons. The molecule has 3 rings (SSSR count).